The van der Waals surface area contributed by atoms with Crippen LogP contribution in [0.5, 0.6) is 0 Å². The van der Waals surface area contributed by atoms with Crippen molar-refractivity contribution in [2.24, 2.45) is 0 Å². The Morgan fingerprint density at radius 1 is 1.31 bits per heavy atom. The van der Waals surface area contributed by atoms with Gasteiger partial charge in [0.05, 0.1) is 6.67 Å². The highest BCUT2D eigenvalue weighted by Gasteiger charge is 2.01. The lowest BCUT2D eigenvalue weighted by Gasteiger charge is -2.02. The van der Waals surface area contributed by atoms with Crippen LogP contribution in [0.15, 0.2) is 30.3 Å². The quantitative estimate of drug-likeness (QED) is 0.705. The summed E-state index contributed by atoms with van der Waals surface area (Å²) in [5.41, 5.74) is 0.612. The average molecular weight is 181 g/mol. The van der Waals surface area contributed by atoms with E-state index in [-0.39, 0.29) is 5.91 Å². The standard InChI is InChI=1S/C10H12FNO/c11-7-4-8-12-10(13)9-5-2-1-3-6-9/h1-3,5-6H,4,7-8H2,(H,12,13). The smallest absolute Gasteiger partial charge is 0.251 e. The number of rotatable bonds is 4. The van der Waals surface area contributed by atoms with Gasteiger partial charge in [0.2, 0.25) is 0 Å². The van der Waals surface area contributed by atoms with Crippen LogP contribution in [0.25, 0.3) is 0 Å². The first-order chi connectivity index (χ1) is 6.34. The van der Waals surface area contributed by atoms with Crippen molar-refractivity contribution in [2.75, 3.05) is 13.2 Å². The topological polar surface area (TPSA) is 29.1 Å². The molecule has 3 heteroatoms. The number of nitrogens with one attached hydrogen (secondary N) is 1. The summed E-state index contributed by atoms with van der Waals surface area (Å²) < 4.78 is 11.7. The van der Waals surface area contributed by atoms with Crippen LogP contribution in [-0.2, 0) is 0 Å². The Morgan fingerprint density at radius 2 is 2.00 bits per heavy atom. The van der Waals surface area contributed by atoms with Crippen LogP contribution < -0.4 is 5.32 Å². The summed E-state index contributed by atoms with van der Waals surface area (Å²) in [5, 5.41) is 2.62. The zero-order chi connectivity index (χ0) is 9.52. The lowest BCUT2D eigenvalue weighted by Crippen LogP contribution is -2.24. The molecule has 0 aliphatic rings. The molecule has 2 nitrogen and oxygen atoms in total. The van der Waals surface area contributed by atoms with E-state index < -0.39 is 6.67 Å². The van der Waals surface area contributed by atoms with Crippen LogP contribution in [0.4, 0.5) is 4.39 Å². The van der Waals surface area contributed by atoms with Crippen molar-refractivity contribution >= 4 is 5.91 Å². The van der Waals surface area contributed by atoms with Gasteiger partial charge in [0, 0.05) is 12.1 Å². The number of amides is 1. The van der Waals surface area contributed by atoms with Gasteiger partial charge in [-0.05, 0) is 18.6 Å². The molecule has 13 heavy (non-hydrogen) atoms. The first-order valence-electron chi connectivity index (χ1n) is 4.24. The van der Waals surface area contributed by atoms with Gasteiger partial charge in [-0.2, -0.15) is 0 Å². The summed E-state index contributed by atoms with van der Waals surface area (Å²) >= 11 is 0. The molecule has 0 aromatic heterocycles. The summed E-state index contributed by atoms with van der Waals surface area (Å²) in [5.74, 6) is -0.144. The molecular weight excluding hydrogens is 169 g/mol. The second-order valence-corrected chi connectivity index (χ2v) is 2.66. The van der Waals surface area contributed by atoms with Crippen LogP contribution in [0.1, 0.15) is 16.8 Å². The molecule has 0 aliphatic heterocycles. The molecule has 70 valence electrons. The number of alkyl halides is 1. The molecule has 0 atom stereocenters. The minimum Gasteiger partial charge on any atom is -0.352 e. The molecule has 1 rings (SSSR count). The fourth-order valence-corrected chi connectivity index (χ4v) is 0.960. The van der Waals surface area contributed by atoms with Gasteiger partial charge in [-0.25, -0.2) is 0 Å². The minimum atomic E-state index is -0.394. The van der Waals surface area contributed by atoms with Crippen molar-refractivity contribution < 1.29 is 9.18 Å². The molecular formula is C10H12FNO. The maximum absolute atomic E-state index is 11.7. The molecule has 0 saturated carbocycles. The number of halogens is 1. The summed E-state index contributed by atoms with van der Waals surface area (Å²) in [4.78, 5) is 11.3. The van der Waals surface area contributed by atoms with E-state index in [1.165, 1.54) is 0 Å². The molecule has 0 bridgehead atoms. The number of benzene rings is 1. The predicted molar refractivity (Wildman–Crippen MR) is 49.4 cm³/mol. The monoisotopic (exact) mass is 181 g/mol. The normalized spacial score (nSPS) is 9.62. The van der Waals surface area contributed by atoms with E-state index in [9.17, 15) is 9.18 Å². The van der Waals surface area contributed by atoms with Crippen molar-refractivity contribution in [2.45, 2.75) is 6.42 Å². The summed E-state index contributed by atoms with van der Waals surface area (Å²) in [6.07, 6.45) is 0.374. The first-order valence-corrected chi connectivity index (χ1v) is 4.24. The van der Waals surface area contributed by atoms with Gasteiger partial charge < -0.3 is 5.32 Å². The fourth-order valence-electron chi connectivity index (χ4n) is 0.960. The molecule has 0 aliphatic carbocycles. The van der Waals surface area contributed by atoms with E-state index in [0.29, 0.717) is 18.5 Å². The van der Waals surface area contributed by atoms with Crippen molar-refractivity contribution in [3.05, 3.63) is 35.9 Å². The Morgan fingerprint density at radius 3 is 2.62 bits per heavy atom. The van der Waals surface area contributed by atoms with Crippen LogP contribution in [0.2, 0.25) is 0 Å². The summed E-state index contributed by atoms with van der Waals surface area (Å²) in [7, 11) is 0. The highest BCUT2D eigenvalue weighted by Crippen LogP contribution is 1.97. The number of hydrogen-bond acceptors (Lipinski definition) is 1. The van der Waals surface area contributed by atoms with E-state index in [4.69, 9.17) is 0 Å². The van der Waals surface area contributed by atoms with E-state index in [2.05, 4.69) is 5.32 Å². The fraction of sp³-hybridized carbons (Fsp3) is 0.300. The third-order valence-corrected chi connectivity index (χ3v) is 1.63. The molecule has 0 spiro atoms. The van der Waals surface area contributed by atoms with Gasteiger partial charge in [-0.15, -0.1) is 0 Å². The number of hydrogen-bond donors (Lipinski definition) is 1. The van der Waals surface area contributed by atoms with Crippen LogP contribution in [0.3, 0.4) is 0 Å². The SMILES string of the molecule is O=C(NCCCF)c1ccccc1. The average Bonchev–Trinajstić information content (AvgIpc) is 2.19. The van der Waals surface area contributed by atoms with Gasteiger partial charge >= 0.3 is 0 Å². The van der Waals surface area contributed by atoms with Crippen LogP contribution in [0, 0.1) is 0 Å². The van der Waals surface area contributed by atoms with Crippen molar-refractivity contribution in [1.82, 2.24) is 5.32 Å². The lowest BCUT2D eigenvalue weighted by atomic mass is 10.2. The third-order valence-electron chi connectivity index (χ3n) is 1.63. The van der Waals surface area contributed by atoms with Gasteiger partial charge in [-0.1, -0.05) is 18.2 Å². The molecule has 0 fully saturated rings. The minimum absolute atomic E-state index is 0.144. The van der Waals surface area contributed by atoms with Gasteiger partial charge in [0.15, 0.2) is 0 Å². The van der Waals surface area contributed by atoms with Gasteiger partial charge in [-0.3, -0.25) is 9.18 Å². The Balaban J connectivity index is 2.40. The van der Waals surface area contributed by atoms with Gasteiger partial charge in [0.25, 0.3) is 5.91 Å². The van der Waals surface area contributed by atoms with E-state index in [1.807, 2.05) is 6.07 Å². The Bertz CT molecular complexity index is 261. The maximum atomic E-state index is 11.7. The third kappa shape index (κ3) is 3.23. The van der Waals surface area contributed by atoms with Gasteiger partial charge in [0.1, 0.15) is 0 Å². The number of carbonyl (C=O) groups excluding carboxylic acids is 1. The molecule has 0 saturated heterocycles. The Kier molecular flexibility index (Phi) is 3.96. The molecule has 0 heterocycles. The molecule has 1 aromatic rings. The zero-order valence-electron chi connectivity index (χ0n) is 7.29. The van der Waals surface area contributed by atoms with Crippen molar-refractivity contribution in [3.63, 3.8) is 0 Å². The van der Waals surface area contributed by atoms with E-state index in [0.717, 1.165) is 0 Å². The molecule has 1 aromatic carbocycles. The second-order valence-electron chi connectivity index (χ2n) is 2.66. The molecule has 1 amide bonds. The highest BCUT2D eigenvalue weighted by atomic mass is 19.1. The van der Waals surface area contributed by atoms with Crippen LogP contribution in [-0.4, -0.2) is 19.1 Å². The van der Waals surface area contributed by atoms with Crippen LogP contribution >= 0.6 is 0 Å². The summed E-state index contributed by atoms with van der Waals surface area (Å²) in [6, 6.07) is 8.89. The molecule has 0 unspecified atom stereocenters. The Labute approximate surface area is 76.8 Å². The van der Waals surface area contributed by atoms with Crippen molar-refractivity contribution in [3.8, 4) is 0 Å². The number of carbonyl (C=O) groups is 1. The largest absolute Gasteiger partial charge is 0.352 e. The highest BCUT2D eigenvalue weighted by molar-refractivity contribution is 5.94. The predicted octanol–water partition coefficient (Wildman–Crippen LogP) is 1.78. The lowest BCUT2D eigenvalue weighted by molar-refractivity contribution is 0.0952. The van der Waals surface area contributed by atoms with E-state index in [1.54, 1.807) is 24.3 Å². The second kappa shape index (κ2) is 5.30. The summed E-state index contributed by atoms with van der Waals surface area (Å²) in [6.45, 7) is -0.000697. The maximum Gasteiger partial charge on any atom is 0.251 e. The molecule has 1 N–H and O–H groups in total. The molecule has 0 radical (unpaired) electrons. The van der Waals surface area contributed by atoms with E-state index >= 15 is 0 Å². The Hall–Kier alpha value is -1.38. The zero-order valence-corrected chi connectivity index (χ0v) is 7.29. The van der Waals surface area contributed by atoms with Crippen molar-refractivity contribution in [1.29, 1.82) is 0 Å². The first kappa shape index (κ1) is 9.71.